The van der Waals surface area contributed by atoms with Crippen LogP contribution in [0.25, 0.3) is 0 Å². The summed E-state index contributed by atoms with van der Waals surface area (Å²) < 4.78 is 23.3. The molecular formula is C12H32N2O9Zr. The van der Waals surface area contributed by atoms with Gasteiger partial charge >= 0.3 is 31.8 Å². The summed E-state index contributed by atoms with van der Waals surface area (Å²) in [7, 11) is 0. The summed E-state index contributed by atoms with van der Waals surface area (Å²) in [5.74, 6) is 0. The van der Waals surface area contributed by atoms with Crippen LogP contribution in [0.15, 0.2) is 0 Å². The molecule has 0 aliphatic heterocycles. The van der Waals surface area contributed by atoms with Crippen molar-refractivity contribution in [1.82, 2.24) is 9.80 Å². The van der Waals surface area contributed by atoms with Crippen molar-refractivity contribution < 1.29 is 62.5 Å². The fraction of sp³-hybridized carbons (Fsp3) is 1.00. The predicted molar refractivity (Wildman–Crippen MR) is 80.5 cm³/mol. The van der Waals surface area contributed by atoms with Gasteiger partial charge in [0.15, 0.2) is 0 Å². The summed E-state index contributed by atoms with van der Waals surface area (Å²) >= 11 is -3.79. The number of rotatable bonds is 12. The molecule has 0 aromatic carbocycles. The molecule has 0 aliphatic carbocycles. The van der Waals surface area contributed by atoms with E-state index in [1.54, 1.807) is 9.80 Å². The molecule has 11 nitrogen and oxygen atoms in total. The second-order valence-electron chi connectivity index (χ2n) is 4.31. The monoisotopic (exact) mass is 438 g/mol. The Labute approximate surface area is 151 Å². The average molecular weight is 440 g/mol. The second-order valence-corrected chi connectivity index (χ2v) is 5.70. The summed E-state index contributed by atoms with van der Waals surface area (Å²) in [6, 6.07) is 0. The van der Waals surface area contributed by atoms with Crippen LogP contribution in [0.3, 0.4) is 0 Å². The zero-order valence-corrected chi connectivity index (χ0v) is 16.3. The molecular weight excluding hydrogens is 407 g/mol. The normalized spacial score (nSPS) is 10.1. The molecule has 24 heavy (non-hydrogen) atoms. The van der Waals surface area contributed by atoms with Crippen LogP contribution < -0.4 is 0 Å². The third-order valence-electron chi connectivity index (χ3n) is 2.50. The van der Waals surface area contributed by atoms with Gasteiger partial charge in [-0.05, 0) is 0 Å². The third-order valence-corrected chi connectivity index (χ3v) is 2.50. The van der Waals surface area contributed by atoms with Crippen molar-refractivity contribution in [2.45, 2.75) is 0 Å². The second kappa shape index (κ2) is 25.5. The van der Waals surface area contributed by atoms with Crippen molar-refractivity contribution in [3.8, 4) is 0 Å². The van der Waals surface area contributed by atoms with Gasteiger partial charge in [-0.1, -0.05) is 0 Å². The van der Waals surface area contributed by atoms with Gasteiger partial charge in [0.25, 0.3) is 0 Å². The van der Waals surface area contributed by atoms with Crippen molar-refractivity contribution in [3.05, 3.63) is 0 Å². The number of nitrogens with zero attached hydrogens (tertiary/aromatic N) is 2. The summed E-state index contributed by atoms with van der Waals surface area (Å²) in [6.07, 6.45) is 0. The third kappa shape index (κ3) is 30.2. The van der Waals surface area contributed by atoms with Gasteiger partial charge in [-0.2, -0.15) is 0 Å². The van der Waals surface area contributed by atoms with Gasteiger partial charge in [-0.25, -0.2) is 0 Å². The molecule has 8 N–H and O–H groups in total. The van der Waals surface area contributed by atoms with Crippen molar-refractivity contribution in [1.29, 1.82) is 0 Å². The van der Waals surface area contributed by atoms with E-state index in [9.17, 15) is 0 Å². The van der Waals surface area contributed by atoms with E-state index in [1.165, 1.54) is 0 Å². The van der Waals surface area contributed by atoms with Crippen molar-refractivity contribution in [3.63, 3.8) is 0 Å². The van der Waals surface area contributed by atoms with E-state index < -0.39 is 22.6 Å². The van der Waals surface area contributed by atoms with E-state index in [-0.39, 0.29) is 39.6 Å². The van der Waals surface area contributed by atoms with E-state index in [0.717, 1.165) is 0 Å². The Morgan fingerprint density at radius 2 is 0.625 bits per heavy atom. The Morgan fingerprint density at radius 3 is 0.708 bits per heavy atom. The minimum absolute atomic E-state index is 0.0694. The first-order valence-electron chi connectivity index (χ1n) is 7.45. The molecule has 0 spiro atoms. The molecule has 12 heteroatoms. The van der Waals surface area contributed by atoms with Crippen molar-refractivity contribution >= 4 is 0 Å². The van der Waals surface area contributed by atoms with Crippen LogP contribution in [0, 0.1) is 0 Å². The fourth-order valence-electron chi connectivity index (χ4n) is 1.52. The van der Waals surface area contributed by atoms with Crippen LogP contribution in [-0.4, -0.2) is 126 Å². The molecule has 0 atom stereocenters. The quantitative estimate of drug-likeness (QED) is 0.146. The molecule has 0 saturated heterocycles. The van der Waals surface area contributed by atoms with Gasteiger partial charge in [0.05, 0.1) is 39.6 Å². The van der Waals surface area contributed by atoms with Crippen LogP contribution in [0.5, 0.6) is 0 Å². The van der Waals surface area contributed by atoms with Gasteiger partial charge in [0.2, 0.25) is 0 Å². The Balaban J connectivity index is -0.000000301. The van der Waals surface area contributed by atoms with Crippen LogP contribution >= 0.6 is 0 Å². The summed E-state index contributed by atoms with van der Waals surface area (Å²) in [6.45, 7) is 3.51. The van der Waals surface area contributed by atoms with Crippen molar-refractivity contribution in [2.24, 2.45) is 0 Å². The van der Waals surface area contributed by atoms with Gasteiger partial charge in [-0.3, -0.25) is 9.80 Å². The predicted octanol–water partition coefficient (Wildman–Crippen LogP) is -4.70. The van der Waals surface area contributed by atoms with E-state index in [0.29, 0.717) is 39.3 Å². The van der Waals surface area contributed by atoms with Crippen LogP contribution in [0.1, 0.15) is 0 Å². The number of aliphatic hydroxyl groups excluding tert-OH is 6. The van der Waals surface area contributed by atoms with Gasteiger partial charge in [0.1, 0.15) is 0 Å². The average Bonchev–Trinajstić information content (AvgIpc) is 2.49. The topological polar surface area (TPSA) is 185 Å². The van der Waals surface area contributed by atoms with E-state index >= 15 is 0 Å². The van der Waals surface area contributed by atoms with E-state index in [4.69, 9.17) is 39.8 Å². The molecule has 0 aromatic heterocycles. The van der Waals surface area contributed by atoms with Crippen LogP contribution in [0.2, 0.25) is 0 Å². The molecule has 0 heterocycles. The van der Waals surface area contributed by atoms with Gasteiger partial charge in [0, 0.05) is 39.3 Å². The zero-order chi connectivity index (χ0) is 19.2. The molecule has 0 fully saturated rings. The molecule has 0 aliphatic rings. The summed E-state index contributed by atoms with van der Waals surface area (Å²) in [5, 5.41) is 50.9. The first kappa shape index (κ1) is 29.1. The van der Waals surface area contributed by atoms with Gasteiger partial charge in [-0.15, -0.1) is 0 Å². The molecule has 0 amide bonds. The van der Waals surface area contributed by atoms with E-state index in [2.05, 4.69) is 0 Å². The Kier molecular flexibility index (Phi) is 30.9. The Morgan fingerprint density at radius 1 is 0.500 bits per heavy atom. The van der Waals surface area contributed by atoms with E-state index in [1.807, 2.05) is 0 Å². The Bertz CT molecular complexity index is 202. The molecule has 0 rings (SSSR count). The first-order valence-corrected chi connectivity index (χ1v) is 10.6. The number of hydrogen-bond donors (Lipinski definition) is 8. The van der Waals surface area contributed by atoms with Crippen LogP contribution in [-0.2, 0) is 25.4 Å². The molecule has 0 saturated carbocycles. The standard InChI is InChI=1S/2C6H15NO3.2H2O.O.Zr/c2*8-4-1-7(2-5-9)3-6-10;;;;/h2*8-10H,1-6H2;2*1H2;;/q;;;;;+2/p-2. The number of hydrogen-bond acceptors (Lipinski definition) is 9. The molecule has 148 valence electrons. The SMILES string of the molecule is OCCN(CCO)CCO.OCCN(CCO)CCO.[O]=[Zr]([OH])[OH]. The van der Waals surface area contributed by atoms with Gasteiger partial charge < -0.3 is 30.6 Å². The maximum atomic E-state index is 8.84. The molecule has 0 unspecified atom stereocenters. The van der Waals surface area contributed by atoms with Crippen molar-refractivity contribution in [2.75, 3.05) is 78.9 Å². The minimum atomic E-state index is -3.79. The summed E-state index contributed by atoms with van der Waals surface area (Å²) in [5.41, 5.74) is 0. The molecule has 0 radical (unpaired) electrons. The molecule has 0 aromatic rings. The first-order chi connectivity index (χ1) is 11.4. The zero-order valence-electron chi connectivity index (χ0n) is 13.9. The number of aliphatic hydroxyl groups is 6. The maximum absolute atomic E-state index is 8.84. The van der Waals surface area contributed by atoms with Crippen LogP contribution in [0.4, 0.5) is 0 Å². The Hall–Kier alpha value is 0.283. The summed E-state index contributed by atoms with van der Waals surface area (Å²) in [4.78, 5) is 3.58. The molecule has 0 bridgehead atoms. The fourth-order valence-corrected chi connectivity index (χ4v) is 1.52.